The monoisotopic (exact) mass is 275 g/mol. The fourth-order valence-electron chi connectivity index (χ4n) is 2.46. The summed E-state index contributed by atoms with van der Waals surface area (Å²) in [5.74, 6) is -0.310. The van der Waals surface area contributed by atoms with Crippen LogP contribution in [0.5, 0.6) is 0 Å². The van der Waals surface area contributed by atoms with Crippen LogP contribution in [0.15, 0.2) is 18.2 Å². The first kappa shape index (κ1) is 14.4. The van der Waals surface area contributed by atoms with E-state index in [-0.39, 0.29) is 18.4 Å². The maximum Gasteiger partial charge on any atom is 0.239 e. The van der Waals surface area contributed by atoms with Crippen LogP contribution in [0.3, 0.4) is 0 Å². The molecule has 2 rings (SSSR count). The van der Waals surface area contributed by atoms with Gasteiger partial charge in [-0.15, -0.1) is 0 Å². The number of nitrogens with one attached hydrogen (secondary N) is 2. The van der Waals surface area contributed by atoms with Gasteiger partial charge in [0.05, 0.1) is 13.1 Å². The van der Waals surface area contributed by atoms with Crippen molar-refractivity contribution in [1.29, 1.82) is 0 Å². The number of hydrogen-bond donors (Lipinski definition) is 2. The molecule has 5 heteroatoms. The van der Waals surface area contributed by atoms with Crippen LogP contribution in [-0.2, 0) is 16.0 Å². The Hall–Kier alpha value is -2.04. The van der Waals surface area contributed by atoms with E-state index >= 15 is 0 Å². The van der Waals surface area contributed by atoms with Crippen molar-refractivity contribution in [2.75, 3.05) is 31.6 Å². The van der Waals surface area contributed by atoms with Crippen LogP contribution < -0.4 is 15.5 Å². The molecule has 2 amide bonds. The maximum absolute atomic E-state index is 11.9. The van der Waals surface area contributed by atoms with Crippen molar-refractivity contribution in [3.63, 3.8) is 0 Å². The first-order valence-electron chi connectivity index (χ1n) is 6.92. The Bertz CT molecular complexity index is 514. The third kappa shape index (κ3) is 3.50. The summed E-state index contributed by atoms with van der Waals surface area (Å²) in [5, 5.41) is 5.11. The van der Waals surface area contributed by atoms with E-state index in [0.717, 1.165) is 25.1 Å². The largest absolute Gasteiger partial charge is 0.362 e. The van der Waals surface area contributed by atoms with Crippen molar-refractivity contribution in [3.8, 4) is 0 Å². The number of amides is 2. The molecule has 5 nitrogen and oxygen atoms in total. The number of nitrogens with zero attached hydrogens (tertiary/aromatic N) is 1. The number of likely N-dealkylation sites (N-methyl/N-ethyl adjacent to an activating group) is 1. The van der Waals surface area contributed by atoms with Crippen molar-refractivity contribution >= 4 is 17.5 Å². The van der Waals surface area contributed by atoms with E-state index in [1.165, 1.54) is 11.1 Å². The number of anilines is 1. The number of hydrogen-bond acceptors (Lipinski definition) is 3. The molecule has 108 valence electrons. The van der Waals surface area contributed by atoms with E-state index in [1.54, 1.807) is 7.05 Å². The average molecular weight is 275 g/mol. The third-order valence-corrected chi connectivity index (χ3v) is 3.51. The zero-order valence-corrected chi connectivity index (χ0v) is 12.0. The molecule has 1 heterocycles. The fraction of sp³-hybridized carbons (Fsp3) is 0.467. The molecule has 0 unspecified atom stereocenters. The molecule has 0 spiro atoms. The molecule has 1 aliphatic rings. The molecule has 0 bridgehead atoms. The summed E-state index contributed by atoms with van der Waals surface area (Å²) in [4.78, 5) is 25.1. The van der Waals surface area contributed by atoms with Crippen LogP contribution in [-0.4, -0.2) is 38.5 Å². The Morgan fingerprint density at radius 3 is 2.85 bits per heavy atom. The number of carbonyl (C=O) groups is 2. The SMILES string of the molecule is CNC(=O)CNC(=O)CN1CCCc2cc(C)ccc21. The lowest BCUT2D eigenvalue weighted by molar-refractivity contribution is -0.125. The summed E-state index contributed by atoms with van der Waals surface area (Å²) >= 11 is 0. The van der Waals surface area contributed by atoms with Gasteiger partial charge in [0.25, 0.3) is 0 Å². The lowest BCUT2D eigenvalue weighted by Gasteiger charge is -2.31. The van der Waals surface area contributed by atoms with Gasteiger partial charge in [0.1, 0.15) is 0 Å². The second kappa shape index (κ2) is 6.41. The summed E-state index contributed by atoms with van der Waals surface area (Å²) in [5.41, 5.74) is 3.68. The molecule has 1 aromatic carbocycles. The minimum atomic E-state index is -0.187. The molecule has 0 aliphatic carbocycles. The molecular weight excluding hydrogens is 254 g/mol. The van der Waals surface area contributed by atoms with E-state index in [2.05, 4.69) is 40.7 Å². The topological polar surface area (TPSA) is 61.4 Å². The minimum absolute atomic E-state index is 0.0317. The van der Waals surface area contributed by atoms with Gasteiger partial charge in [-0.1, -0.05) is 17.7 Å². The second-order valence-electron chi connectivity index (χ2n) is 5.11. The number of rotatable bonds is 4. The van der Waals surface area contributed by atoms with Gasteiger partial charge in [0.2, 0.25) is 11.8 Å². The zero-order valence-electron chi connectivity index (χ0n) is 12.0. The van der Waals surface area contributed by atoms with Crippen molar-refractivity contribution < 1.29 is 9.59 Å². The fourth-order valence-corrected chi connectivity index (χ4v) is 2.46. The van der Waals surface area contributed by atoms with Gasteiger partial charge in [-0.3, -0.25) is 9.59 Å². The second-order valence-corrected chi connectivity index (χ2v) is 5.11. The van der Waals surface area contributed by atoms with Gasteiger partial charge in [-0.05, 0) is 31.4 Å². The lowest BCUT2D eigenvalue weighted by Crippen LogP contribution is -2.43. The molecular formula is C15H21N3O2. The van der Waals surface area contributed by atoms with Gasteiger partial charge in [-0.25, -0.2) is 0 Å². The normalized spacial score (nSPS) is 13.6. The molecule has 1 aliphatic heterocycles. The van der Waals surface area contributed by atoms with E-state index in [4.69, 9.17) is 0 Å². The quantitative estimate of drug-likeness (QED) is 0.846. The van der Waals surface area contributed by atoms with Crippen LogP contribution in [0.25, 0.3) is 0 Å². The van der Waals surface area contributed by atoms with Crippen molar-refractivity contribution in [2.24, 2.45) is 0 Å². The van der Waals surface area contributed by atoms with Crippen LogP contribution in [0.2, 0.25) is 0 Å². The summed E-state index contributed by atoms with van der Waals surface area (Å²) < 4.78 is 0. The molecule has 0 radical (unpaired) electrons. The molecule has 0 fully saturated rings. The molecule has 0 saturated carbocycles. The Morgan fingerprint density at radius 2 is 2.10 bits per heavy atom. The van der Waals surface area contributed by atoms with E-state index in [0.29, 0.717) is 6.54 Å². The molecule has 0 aromatic heterocycles. The highest BCUT2D eigenvalue weighted by Crippen LogP contribution is 2.27. The van der Waals surface area contributed by atoms with Gasteiger partial charge in [0, 0.05) is 19.3 Å². The Kier molecular flexibility index (Phi) is 4.61. The minimum Gasteiger partial charge on any atom is -0.362 e. The number of aryl methyl sites for hydroxylation is 2. The van der Waals surface area contributed by atoms with Gasteiger partial charge >= 0.3 is 0 Å². The van der Waals surface area contributed by atoms with Crippen molar-refractivity contribution in [2.45, 2.75) is 19.8 Å². The highest BCUT2D eigenvalue weighted by atomic mass is 16.2. The number of benzene rings is 1. The molecule has 0 atom stereocenters. The smallest absolute Gasteiger partial charge is 0.239 e. The van der Waals surface area contributed by atoms with E-state index in [1.807, 2.05) is 0 Å². The van der Waals surface area contributed by atoms with E-state index < -0.39 is 0 Å². The lowest BCUT2D eigenvalue weighted by atomic mass is 9.99. The van der Waals surface area contributed by atoms with Crippen molar-refractivity contribution in [3.05, 3.63) is 29.3 Å². The summed E-state index contributed by atoms with van der Waals surface area (Å²) in [6.07, 6.45) is 2.12. The summed E-state index contributed by atoms with van der Waals surface area (Å²) in [6, 6.07) is 6.33. The van der Waals surface area contributed by atoms with Gasteiger partial charge < -0.3 is 15.5 Å². The van der Waals surface area contributed by atoms with Gasteiger partial charge in [0.15, 0.2) is 0 Å². The average Bonchev–Trinajstić information content (AvgIpc) is 2.44. The van der Waals surface area contributed by atoms with Crippen LogP contribution in [0.4, 0.5) is 5.69 Å². The Labute approximate surface area is 119 Å². The highest BCUT2D eigenvalue weighted by molar-refractivity contribution is 5.87. The van der Waals surface area contributed by atoms with Crippen LogP contribution in [0, 0.1) is 6.92 Å². The Balaban J connectivity index is 1.98. The van der Waals surface area contributed by atoms with Crippen molar-refractivity contribution in [1.82, 2.24) is 10.6 Å². The van der Waals surface area contributed by atoms with E-state index in [9.17, 15) is 9.59 Å². The van der Waals surface area contributed by atoms with Crippen LogP contribution in [0.1, 0.15) is 17.5 Å². The van der Waals surface area contributed by atoms with Gasteiger partial charge in [-0.2, -0.15) is 0 Å². The molecule has 2 N–H and O–H groups in total. The highest BCUT2D eigenvalue weighted by Gasteiger charge is 2.19. The third-order valence-electron chi connectivity index (χ3n) is 3.51. The molecule has 20 heavy (non-hydrogen) atoms. The summed E-state index contributed by atoms with van der Waals surface area (Å²) in [6.45, 7) is 3.29. The Morgan fingerprint density at radius 1 is 1.30 bits per heavy atom. The first-order valence-corrected chi connectivity index (χ1v) is 6.92. The molecule has 1 aromatic rings. The first-order chi connectivity index (χ1) is 9.60. The van der Waals surface area contributed by atoms with Crippen LogP contribution >= 0.6 is 0 Å². The number of fused-ring (bicyclic) bond motifs is 1. The molecule has 0 saturated heterocycles. The zero-order chi connectivity index (χ0) is 14.5. The predicted octanol–water partition coefficient (Wildman–Crippen LogP) is 0.610. The summed E-state index contributed by atoms with van der Waals surface area (Å²) in [7, 11) is 1.55. The maximum atomic E-state index is 11.9. The number of carbonyl (C=O) groups excluding carboxylic acids is 2. The standard InChI is InChI=1S/C15H21N3O2/c1-11-5-6-13-12(8-11)4-3-7-18(13)10-15(20)17-9-14(19)16-2/h5-6,8H,3-4,7,9-10H2,1-2H3,(H,16,19)(H,17,20). The predicted molar refractivity (Wildman–Crippen MR) is 78.8 cm³/mol.